The van der Waals surface area contributed by atoms with Crippen LogP contribution in [-0.2, 0) is 17.6 Å². The fraction of sp³-hybridized carbons (Fsp3) is 0.364. The van der Waals surface area contributed by atoms with Crippen LogP contribution in [0.25, 0.3) is 0 Å². The molecule has 1 fully saturated rings. The van der Waals surface area contributed by atoms with Crippen molar-refractivity contribution < 1.29 is 14.3 Å². The topological polar surface area (TPSA) is 53.1 Å². The number of carbonyl (C=O) groups is 2. The second-order valence-electron chi connectivity index (χ2n) is 7.59. The summed E-state index contributed by atoms with van der Waals surface area (Å²) in [5.41, 5.74) is 5.09. The van der Waals surface area contributed by atoms with Crippen LogP contribution in [0, 0.1) is 0 Å². The minimum absolute atomic E-state index is 0.0752. The molecule has 3 aliphatic rings. The Hall–Kier alpha value is -3.02. The standard InChI is InChI=1S/C22H23N3O3/c1-28-19-4-2-18(3-5-19)23-8-10-24(11-9-23)22(27)17-12-15-6-7-25-20(26)14-16(13-17)21(15)25/h2-5,12-13H,6-11,14H2,1H3. The first kappa shape index (κ1) is 17.1. The van der Waals surface area contributed by atoms with Crippen molar-refractivity contribution in [2.24, 2.45) is 0 Å². The molecule has 0 bridgehead atoms. The minimum Gasteiger partial charge on any atom is -0.497 e. The Balaban J connectivity index is 1.29. The minimum atomic E-state index is 0.0752. The molecule has 3 heterocycles. The predicted octanol–water partition coefficient (Wildman–Crippen LogP) is 2.10. The first-order valence-electron chi connectivity index (χ1n) is 9.78. The number of methoxy groups -OCH3 is 1. The molecular formula is C22H23N3O3. The van der Waals surface area contributed by atoms with Gasteiger partial charge in [-0.2, -0.15) is 0 Å². The van der Waals surface area contributed by atoms with E-state index in [2.05, 4.69) is 17.0 Å². The van der Waals surface area contributed by atoms with E-state index in [1.165, 1.54) is 0 Å². The van der Waals surface area contributed by atoms with Crippen molar-refractivity contribution in [3.8, 4) is 5.75 Å². The largest absolute Gasteiger partial charge is 0.497 e. The van der Waals surface area contributed by atoms with Gasteiger partial charge >= 0.3 is 0 Å². The van der Waals surface area contributed by atoms with Gasteiger partial charge in [0.1, 0.15) is 5.75 Å². The summed E-state index contributed by atoms with van der Waals surface area (Å²) in [6.07, 6.45) is 1.27. The number of hydrogen-bond donors (Lipinski definition) is 0. The molecule has 0 radical (unpaired) electrons. The molecule has 0 N–H and O–H groups in total. The van der Waals surface area contributed by atoms with Gasteiger partial charge in [0, 0.05) is 44.0 Å². The zero-order valence-corrected chi connectivity index (χ0v) is 16.0. The third kappa shape index (κ3) is 2.71. The molecule has 1 saturated heterocycles. The van der Waals surface area contributed by atoms with Crippen LogP contribution in [0.1, 0.15) is 21.5 Å². The fourth-order valence-corrected chi connectivity index (χ4v) is 4.55. The quantitative estimate of drug-likeness (QED) is 0.822. The lowest BCUT2D eigenvalue weighted by Crippen LogP contribution is -2.48. The van der Waals surface area contributed by atoms with Crippen molar-refractivity contribution in [2.75, 3.05) is 49.6 Å². The van der Waals surface area contributed by atoms with E-state index in [0.29, 0.717) is 19.5 Å². The lowest BCUT2D eigenvalue weighted by atomic mass is 10.0. The highest BCUT2D eigenvalue weighted by Crippen LogP contribution is 2.38. The number of anilines is 2. The van der Waals surface area contributed by atoms with Crippen LogP contribution in [0.4, 0.5) is 11.4 Å². The maximum atomic E-state index is 13.1. The summed E-state index contributed by atoms with van der Waals surface area (Å²) in [5.74, 6) is 1.08. The van der Waals surface area contributed by atoms with E-state index in [9.17, 15) is 9.59 Å². The Kier molecular flexibility index (Phi) is 4.00. The molecule has 2 aromatic carbocycles. The lowest BCUT2D eigenvalue weighted by Gasteiger charge is -2.36. The van der Waals surface area contributed by atoms with Crippen LogP contribution >= 0.6 is 0 Å². The summed E-state index contributed by atoms with van der Waals surface area (Å²) in [4.78, 5) is 31.3. The Morgan fingerprint density at radius 2 is 1.68 bits per heavy atom. The van der Waals surface area contributed by atoms with Gasteiger partial charge in [-0.15, -0.1) is 0 Å². The van der Waals surface area contributed by atoms with Gasteiger partial charge in [-0.3, -0.25) is 9.59 Å². The maximum absolute atomic E-state index is 13.1. The second kappa shape index (κ2) is 6.55. The Morgan fingerprint density at radius 3 is 2.39 bits per heavy atom. The van der Waals surface area contributed by atoms with Crippen LogP contribution in [0.2, 0.25) is 0 Å². The molecule has 0 spiro atoms. The first-order chi connectivity index (χ1) is 13.6. The van der Waals surface area contributed by atoms with E-state index in [1.807, 2.05) is 34.1 Å². The van der Waals surface area contributed by atoms with Crippen molar-refractivity contribution in [1.29, 1.82) is 0 Å². The average Bonchev–Trinajstić information content (AvgIpc) is 3.31. The van der Waals surface area contributed by atoms with Gasteiger partial charge in [0.25, 0.3) is 5.91 Å². The number of benzene rings is 2. The van der Waals surface area contributed by atoms with Crippen LogP contribution in [0.3, 0.4) is 0 Å². The lowest BCUT2D eigenvalue weighted by molar-refractivity contribution is -0.117. The third-order valence-corrected chi connectivity index (χ3v) is 6.04. The molecule has 2 aromatic rings. The van der Waals surface area contributed by atoms with E-state index < -0.39 is 0 Å². The van der Waals surface area contributed by atoms with E-state index >= 15 is 0 Å². The molecule has 3 aliphatic heterocycles. The van der Waals surface area contributed by atoms with Crippen LogP contribution in [-0.4, -0.2) is 56.5 Å². The number of rotatable bonds is 3. The molecule has 2 amide bonds. The number of nitrogens with zero attached hydrogens (tertiary/aromatic N) is 3. The monoisotopic (exact) mass is 377 g/mol. The normalized spacial score (nSPS) is 17.9. The summed E-state index contributed by atoms with van der Waals surface area (Å²) >= 11 is 0. The van der Waals surface area contributed by atoms with Gasteiger partial charge in [0.15, 0.2) is 0 Å². The molecule has 6 heteroatoms. The van der Waals surface area contributed by atoms with E-state index in [1.54, 1.807) is 7.11 Å². The predicted molar refractivity (Wildman–Crippen MR) is 107 cm³/mol. The maximum Gasteiger partial charge on any atom is 0.253 e. The van der Waals surface area contributed by atoms with Gasteiger partial charge in [0.2, 0.25) is 5.91 Å². The molecule has 0 aromatic heterocycles. The van der Waals surface area contributed by atoms with E-state index in [-0.39, 0.29) is 11.8 Å². The number of piperazine rings is 1. The summed E-state index contributed by atoms with van der Waals surface area (Å²) in [6.45, 7) is 3.76. The van der Waals surface area contributed by atoms with Gasteiger partial charge in [-0.25, -0.2) is 0 Å². The molecule has 6 nitrogen and oxygen atoms in total. The fourth-order valence-electron chi connectivity index (χ4n) is 4.55. The van der Waals surface area contributed by atoms with Crippen LogP contribution in [0.5, 0.6) is 5.75 Å². The highest BCUT2D eigenvalue weighted by atomic mass is 16.5. The molecule has 144 valence electrons. The molecular weight excluding hydrogens is 354 g/mol. The van der Waals surface area contributed by atoms with Gasteiger partial charge < -0.3 is 19.4 Å². The van der Waals surface area contributed by atoms with Gasteiger partial charge in [0.05, 0.1) is 19.2 Å². The highest BCUT2D eigenvalue weighted by molar-refractivity contribution is 6.05. The second-order valence-corrected chi connectivity index (χ2v) is 7.59. The zero-order chi connectivity index (χ0) is 19.3. The number of ether oxygens (including phenoxy) is 1. The van der Waals surface area contributed by atoms with Gasteiger partial charge in [-0.1, -0.05) is 0 Å². The zero-order valence-electron chi connectivity index (χ0n) is 16.0. The van der Waals surface area contributed by atoms with E-state index in [4.69, 9.17) is 4.74 Å². The van der Waals surface area contributed by atoms with Crippen LogP contribution in [0.15, 0.2) is 36.4 Å². The Bertz CT molecular complexity index is 946. The van der Waals surface area contributed by atoms with E-state index in [0.717, 1.165) is 59.9 Å². The Morgan fingerprint density at radius 1 is 0.964 bits per heavy atom. The third-order valence-electron chi connectivity index (χ3n) is 6.04. The number of carbonyl (C=O) groups excluding carboxylic acids is 2. The van der Waals surface area contributed by atoms with Crippen molar-refractivity contribution in [1.82, 2.24) is 4.90 Å². The SMILES string of the molecule is COc1ccc(N2CCN(C(=O)c3cc4c5c(c3)CC(=O)N5CC4)CC2)cc1. The summed E-state index contributed by atoms with van der Waals surface area (Å²) in [7, 11) is 1.66. The highest BCUT2D eigenvalue weighted by Gasteiger charge is 2.35. The number of amides is 2. The van der Waals surface area contributed by atoms with Crippen molar-refractivity contribution >= 4 is 23.2 Å². The number of hydrogen-bond acceptors (Lipinski definition) is 4. The Labute approximate surface area is 164 Å². The summed E-state index contributed by atoms with van der Waals surface area (Å²) in [6, 6.07) is 12.0. The molecule has 28 heavy (non-hydrogen) atoms. The van der Waals surface area contributed by atoms with Crippen LogP contribution < -0.4 is 14.5 Å². The molecule has 0 unspecified atom stereocenters. The summed E-state index contributed by atoms with van der Waals surface area (Å²) in [5, 5.41) is 0. The van der Waals surface area contributed by atoms with Crippen molar-refractivity contribution in [3.63, 3.8) is 0 Å². The van der Waals surface area contributed by atoms with Crippen molar-refractivity contribution in [3.05, 3.63) is 53.1 Å². The van der Waals surface area contributed by atoms with Crippen molar-refractivity contribution in [2.45, 2.75) is 12.8 Å². The molecule has 0 atom stereocenters. The van der Waals surface area contributed by atoms with Gasteiger partial charge in [-0.05, 0) is 53.9 Å². The molecule has 0 aliphatic carbocycles. The average molecular weight is 377 g/mol. The first-order valence-corrected chi connectivity index (χ1v) is 9.78. The molecule has 0 saturated carbocycles. The smallest absolute Gasteiger partial charge is 0.253 e. The summed E-state index contributed by atoms with van der Waals surface area (Å²) < 4.78 is 5.22. The molecule has 5 rings (SSSR count).